The first-order valence-corrected chi connectivity index (χ1v) is 7.54. The molecule has 20 heavy (non-hydrogen) atoms. The smallest absolute Gasteiger partial charge is 0.192 e. The number of hydrogen-bond donors (Lipinski definition) is 1. The summed E-state index contributed by atoms with van der Waals surface area (Å²) in [6.07, 6.45) is 2.40. The normalized spacial score (nSPS) is 26.1. The molecule has 2 aliphatic rings. The van der Waals surface area contributed by atoms with Crippen LogP contribution in [0.4, 0.5) is 0 Å². The van der Waals surface area contributed by atoms with Crippen molar-refractivity contribution in [3.63, 3.8) is 0 Å². The van der Waals surface area contributed by atoms with Crippen LogP contribution >= 0.6 is 23.2 Å². The minimum Gasteiger partial charge on any atom is -0.376 e. The van der Waals surface area contributed by atoms with E-state index in [-0.39, 0.29) is 12.1 Å². The number of benzene rings is 1. The molecule has 2 heterocycles. The number of hydrogen-bond acceptors (Lipinski definition) is 4. The minimum atomic E-state index is 0.0467. The zero-order valence-electron chi connectivity index (χ0n) is 11.1. The van der Waals surface area contributed by atoms with E-state index in [0.29, 0.717) is 22.5 Å². The predicted octanol–water partition coefficient (Wildman–Crippen LogP) is 2.84. The van der Waals surface area contributed by atoms with Gasteiger partial charge in [-0.05, 0) is 36.6 Å². The summed E-state index contributed by atoms with van der Waals surface area (Å²) < 4.78 is 5.69. The van der Waals surface area contributed by atoms with Gasteiger partial charge in [0, 0.05) is 23.2 Å². The number of rotatable bonds is 3. The van der Waals surface area contributed by atoms with Crippen molar-refractivity contribution in [2.45, 2.75) is 25.0 Å². The van der Waals surface area contributed by atoms with Crippen molar-refractivity contribution in [1.82, 2.24) is 4.90 Å². The largest absolute Gasteiger partial charge is 0.376 e. The third kappa shape index (κ3) is 2.73. The monoisotopic (exact) mass is 313 g/mol. The van der Waals surface area contributed by atoms with Crippen LogP contribution in [0, 0.1) is 0 Å². The van der Waals surface area contributed by atoms with Gasteiger partial charge >= 0.3 is 0 Å². The van der Waals surface area contributed by atoms with Crippen LogP contribution in [0.5, 0.6) is 0 Å². The molecule has 0 amide bonds. The fourth-order valence-electron chi connectivity index (χ4n) is 2.79. The van der Waals surface area contributed by atoms with Gasteiger partial charge in [0.1, 0.15) is 0 Å². The summed E-state index contributed by atoms with van der Waals surface area (Å²) in [5.74, 6) is 0.557. The maximum absolute atomic E-state index is 6.30. The van der Waals surface area contributed by atoms with Gasteiger partial charge in [0.25, 0.3) is 0 Å². The molecule has 2 N–H and O–H groups in total. The van der Waals surface area contributed by atoms with Crippen LogP contribution in [0.1, 0.15) is 24.4 Å². The second kappa shape index (κ2) is 5.80. The lowest BCUT2D eigenvalue weighted by Crippen LogP contribution is -2.41. The van der Waals surface area contributed by atoms with Crippen molar-refractivity contribution < 1.29 is 4.74 Å². The molecular weight excluding hydrogens is 297 g/mol. The van der Waals surface area contributed by atoms with Crippen molar-refractivity contribution in [3.05, 3.63) is 33.8 Å². The van der Waals surface area contributed by atoms with Crippen molar-refractivity contribution in [1.29, 1.82) is 0 Å². The predicted molar refractivity (Wildman–Crippen MR) is 81.4 cm³/mol. The van der Waals surface area contributed by atoms with E-state index in [1.807, 2.05) is 12.1 Å². The van der Waals surface area contributed by atoms with E-state index < -0.39 is 0 Å². The third-order valence-corrected chi connectivity index (χ3v) is 4.42. The number of ether oxygens (including phenoxy) is 1. The first kappa shape index (κ1) is 14.0. The molecule has 0 aliphatic carbocycles. The molecule has 1 saturated heterocycles. The van der Waals surface area contributed by atoms with Gasteiger partial charge in [-0.1, -0.05) is 23.2 Å². The first-order valence-electron chi connectivity index (χ1n) is 6.78. The van der Waals surface area contributed by atoms with Crippen LogP contribution in [0.25, 0.3) is 0 Å². The number of nitrogens with zero attached hydrogens (tertiary/aromatic N) is 2. The Morgan fingerprint density at radius 3 is 3.00 bits per heavy atom. The summed E-state index contributed by atoms with van der Waals surface area (Å²) in [4.78, 5) is 6.43. The highest BCUT2D eigenvalue weighted by atomic mass is 35.5. The summed E-state index contributed by atoms with van der Waals surface area (Å²) in [7, 11) is 0. The molecule has 4 nitrogen and oxygen atoms in total. The van der Waals surface area contributed by atoms with Crippen LogP contribution in [-0.4, -0.2) is 36.7 Å². The van der Waals surface area contributed by atoms with E-state index in [9.17, 15) is 0 Å². The summed E-state index contributed by atoms with van der Waals surface area (Å²) >= 11 is 12.4. The van der Waals surface area contributed by atoms with E-state index >= 15 is 0 Å². The molecule has 2 unspecified atom stereocenters. The second-order valence-electron chi connectivity index (χ2n) is 5.17. The minimum absolute atomic E-state index is 0.0467. The van der Waals surface area contributed by atoms with Crippen LogP contribution in [-0.2, 0) is 4.74 Å². The van der Waals surface area contributed by atoms with Gasteiger partial charge < -0.3 is 15.4 Å². The Labute approximate surface area is 128 Å². The molecule has 108 valence electrons. The molecule has 0 aromatic heterocycles. The highest BCUT2D eigenvalue weighted by Crippen LogP contribution is 2.33. The maximum atomic E-state index is 6.30. The van der Waals surface area contributed by atoms with E-state index in [2.05, 4.69) is 9.89 Å². The molecule has 2 atom stereocenters. The third-order valence-electron chi connectivity index (χ3n) is 3.84. The number of aliphatic imine (C=N–C) groups is 1. The summed E-state index contributed by atoms with van der Waals surface area (Å²) in [6, 6.07) is 5.55. The van der Waals surface area contributed by atoms with Crippen molar-refractivity contribution in [2.75, 3.05) is 19.7 Å². The van der Waals surface area contributed by atoms with Gasteiger partial charge in [0.05, 0.1) is 18.7 Å². The Kier molecular flexibility index (Phi) is 4.06. The lowest BCUT2D eigenvalue weighted by Gasteiger charge is -2.29. The lowest BCUT2D eigenvalue weighted by atomic mass is 10.1. The molecule has 6 heteroatoms. The summed E-state index contributed by atoms with van der Waals surface area (Å²) in [5, 5.41) is 1.37. The van der Waals surface area contributed by atoms with Gasteiger partial charge in [-0.25, -0.2) is 0 Å². The zero-order valence-corrected chi connectivity index (χ0v) is 12.6. The molecule has 0 spiro atoms. The molecular formula is C14H17Cl2N3O. The van der Waals surface area contributed by atoms with E-state index in [0.717, 1.165) is 31.6 Å². The van der Waals surface area contributed by atoms with Crippen LogP contribution in [0.15, 0.2) is 23.2 Å². The molecule has 0 saturated carbocycles. The summed E-state index contributed by atoms with van der Waals surface area (Å²) in [5.41, 5.74) is 6.99. The first-order chi connectivity index (χ1) is 9.65. The topological polar surface area (TPSA) is 50.8 Å². The average Bonchev–Trinajstić information content (AvgIpc) is 3.05. The molecule has 1 aromatic carbocycles. The molecule has 1 fully saturated rings. The highest BCUT2D eigenvalue weighted by molar-refractivity contribution is 6.33. The Bertz CT molecular complexity index is 529. The highest BCUT2D eigenvalue weighted by Gasteiger charge is 2.32. The fraction of sp³-hybridized carbons (Fsp3) is 0.500. The number of nitrogens with two attached hydrogens (primary N) is 1. The van der Waals surface area contributed by atoms with Gasteiger partial charge in [0.15, 0.2) is 5.96 Å². The van der Waals surface area contributed by atoms with E-state index in [4.69, 9.17) is 33.7 Å². The van der Waals surface area contributed by atoms with Crippen molar-refractivity contribution in [3.8, 4) is 0 Å². The number of halogens is 2. The SMILES string of the molecule is NC1=NCC(c2cc(Cl)ccc2Cl)N1CC1CCCO1. The fourth-order valence-corrected chi connectivity index (χ4v) is 3.22. The Morgan fingerprint density at radius 1 is 1.40 bits per heavy atom. The van der Waals surface area contributed by atoms with E-state index in [1.54, 1.807) is 6.07 Å². The molecule has 1 aromatic rings. The molecule has 3 rings (SSSR count). The van der Waals surface area contributed by atoms with Crippen LogP contribution in [0.3, 0.4) is 0 Å². The second-order valence-corrected chi connectivity index (χ2v) is 6.01. The van der Waals surface area contributed by atoms with Crippen molar-refractivity contribution >= 4 is 29.2 Å². The lowest BCUT2D eigenvalue weighted by molar-refractivity contribution is 0.0853. The van der Waals surface area contributed by atoms with Gasteiger partial charge in [-0.3, -0.25) is 4.99 Å². The molecule has 2 aliphatic heterocycles. The Balaban J connectivity index is 1.82. The number of guanidine groups is 1. The van der Waals surface area contributed by atoms with Gasteiger partial charge in [-0.2, -0.15) is 0 Å². The average molecular weight is 314 g/mol. The van der Waals surface area contributed by atoms with Gasteiger partial charge in [-0.15, -0.1) is 0 Å². The summed E-state index contributed by atoms with van der Waals surface area (Å²) in [6.45, 7) is 2.19. The maximum Gasteiger partial charge on any atom is 0.192 e. The van der Waals surface area contributed by atoms with E-state index in [1.165, 1.54) is 0 Å². The molecule has 0 bridgehead atoms. The van der Waals surface area contributed by atoms with Gasteiger partial charge in [0.2, 0.25) is 0 Å². The van der Waals surface area contributed by atoms with Crippen LogP contribution in [0.2, 0.25) is 10.0 Å². The van der Waals surface area contributed by atoms with Crippen molar-refractivity contribution in [2.24, 2.45) is 10.7 Å². The standard InChI is InChI=1S/C14H17Cl2N3O/c15-9-3-4-12(16)11(6-9)13-7-18-14(17)19(13)8-10-2-1-5-20-10/h3-4,6,10,13H,1-2,5,7-8H2,(H2,17,18). The Hall–Kier alpha value is -0.970. The zero-order chi connectivity index (χ0) is 14.1. The van der Waals surface area contributed by atoms with Crippen LogP contribution < -0.4 is 5.73 Å². The quantitative estimate of drug-likeness (QED) is 0.933. The molecule has 0 radical (unpaired) electrons. The Morgan fingerprint density at radius 2 is 2.25 bits per heavy atom.